The van der Waals surface area contributed by atoms with Crippen LogP contribution in [-0.2, 0) is 25.7 Å². The number of ether oxygens (including phenoxy) is 1. The fourth-order valence-electron chi connectivity index (χ4n) is 1.95. The van der Waals surface area contributed by atoms with E-state index in [1.165, 1.54) is 0 Å². The van der Waals surface area contributed by atoms with Crippen LogP contribution in [0.25, 0.3) is 0 Å². The molecule has 0 aliphatic heterocycles. The number of carbonyl (C=O) groups is 4. The van der Waals surface area contributed by atoms with Crippen molar-refractivity contribution < 1.29 is 47.3 Å². The third-order valence-electron chi connectivity index (χ3n) is 3.46. The SMILES string of the molecule is NCC(=O)N[C@@H](CCCCNC(=O)OCc1ccccc1)C(=O)O.O=C(O)C(F)(F)F. The molecule has 0 radical (unpaired) electrons. The monoisotopic (exact) mass is 451 g/mol. The molecule has 0 fully saturated rings. The number of amides is 2. The first-order valence-electron chi connectivity index (χ1n) is 8.94. The van der Waals surface area contributed by atoms with Crippen molar-refractivity contribution in [1.29, 1.82) is 0 Å². The van der Waals surface area contributed by atoms with Gasteiger partial charge in [-0.3, -0.25) is 4.79 Å². The molecular weight excluding hydrogens is 427 g/mol. The van der Waals surface area contributed by atoms with Crippen LogP contribution in [0.1, 0.15) is 24.8 Å². The number of nitrogens with one attached hydrogen (secondary N) is 2. The zero-order chi connectivity index (χ0) is 23.9. The standard InChI is InChI=1S/C16H23N3O5.C2HF3O2/c17-10-14(20)19-13(15(21)22)8-4-5-9-18-16(23)24-11-12-6-2-1-3-7-12;3-2(4,5)1(6)7/h1-3,6-7,13H,4-5,8-11,17H2,(H,18,23)(H,19,20)(H,21,22);(H,6,7)/t13-;/m0./s1. The lowest BCUT2D eigenvalue weighted by Gasteiger charge is -2.13. The van der Waals surface area contributed by atoms with Gasteiger partial charge in [0, 0.05) is 6.54 Å². The highest BCUT2D eigenvalue weighted by molar-refractivity contribution is 5.84. The number of rotatable bonds is 10. The minimum absolute atomic E-state index is 0.193. The summed E-state index contributed by atoms with van der Waals surface area (Å²) in [7, 11) is 0. The van der Waals surface area contributed by atoms with E-state index in [9.17, 15) is 27.6 Å². The zero-order valence-corrected chi connectivity index (χ0v) is 16.4. The molecule has 10 nitrogen and oxygen atoms in total. The van der Waals surface area contributed by atoms with E-state index >= 15 is 0 Å². The highest BCUT2D eigenvalue weighted by Gasteiger charge is 2.38. The Morgan fingerprint density at radius 1 is 1.06 bits per heavy atom. The van der Waals surface area contributed by atoms with Gasteiger partial charge < -0.3 is 31.3 Å². The first-order valence-corrected chi connectivity index (χ1v) is 8.94. The molecule has 1 atom stereocenters. The molecule has 0 saturated heterocycles. The third kappa shape index (κ3) is 14.3. The van der Waals surface area contributed by atoms with Crippen LogP contribution in [0, 0.1) is 0 Å². The van der Waals surface area contributed by atoms with Gasteiger partial charge in [0.05, 0.1) is 6.54 Å². The Morgan fingerprint density at radius 3 is 2.13 bits per heavy atom. The van der Waals surface area contributed by atoms with Crippen LogP contribution in [0.5, 0.6) is 0 Å². The van der Waals surface area contributed by atoms with E-state index < -0.39 is 36.2 Å². The lowest BCUT2D eigenvalue weighted by molar-refractivity contribution is -0.192. The lowest BCUT2D eigenvalue weighted by Crippen LogP contribution is -2.43. The van der Waals surface area contributed by atoms with Gasteiger partial charge in [-0.05, 0) is 24.8 Å². The predicted octanol–water partition coefficient (Wildman–Crippen LogP) is 1.24. The number of nitrogens with two attached hydrogens (primary N) is 1. The molecular formula is C18H24F3N3O7. The fraction of sp³-hybridized carbons (Fsp3) is 0.444. The van der Waals surface area contributed by atoms with Crippen molar-refractivity contribution >= 4 is 23.9 Å². The van der Waals surface area contributed by atoms with Crippen molar-refractivity contribution in [3.05, 3.63) is 35.9 Å². The molecule has 0 aliphatic carbocycles. The van der Waals surface area contributed by atoms with Crippen LogP contribution < -0.4 is 16.4 Å². The molecule has 0 unspecified atom stereocenters. The summed E-state index contributed by atoms with van der Waals surface area (Å²) in [4.78, 5) is 42.5. The Bertz CT molecular complexity index is 715. The normalized spacial score (nSPS) is 11.4. The maximum atomic E-state index is 11.5. The van der Waals surface area contributed by atoms with Crippen LogP contribution in [0.3, 0.4) is 0 Å². The van der Waals surface area contributed by atoms with Crippen molar-refractivity contribution in [3.8, 4) is 0 Å². The minimum atomic E-state index is -5.08. The van der Waals surface area contributed by atoms with E-state index in [1.807, 2.05) is 30.3 Å². The fourth-order valence-corrected chi connectivity index (χ4v) is 1.95. The smallest absolute Gasteiger partial charge is 0.480 e. The van der Waals surface area contributed by atoms with E-state index in [0.29, 0.717) is 19.4 Å². The van der Waals surface area contributed by atoms with Crippen molar-refractivity contribution in [2.45, 2.75) is 38.1 Å². The summed E-state index contributed by atoms with van der Waals surface area (Å²) in [6.45, 7) is 0.308. The van der Waals surface area contributed by atoms with Gasteiger partial charge >= 0.3 is 24.2 Å². The summed E-state index contributed by atoms with van der Waals surface area (Å²) in [5.74, 6) is -4.37. The maximum absolute atomic E-state index is 11.5. The number of aliphatic carboxylic acids is 2. The molecule has 0 heterocycles. The summed E-state index contributed by atoms with van der Waals surface area (Å²) in [5.41, 5.74) is 6.03. The Hall–Kier alpha value is -3.35. The van der Waals surface area contributed by atoms with Gasteiger partial charge in [-0.2, -0.15) is 13.2 Å². The van der Waals surface area contributed by atoms with Gasteiger partial charge in [0.15, 0.2) is 0 Å². The van der Waals surface area contributed by atoms with E-state index in [2.05, 4.69) is 10.6 Å². The number of carbonyl (C=O) groups excluding carboxylic acids is 2. The van der Waals surface area contributed by atoms with E-state index in [0.717, 1.165) is 5.56 Å². The van der Waals surface area contributed by atoms with Gasteiger partial charge in [0.2, 0.25) is 5.91 Å². The Balaban J connectivity index is 0.00000110. The number of hydrogen-bond acceptors (Lipinski definition) is 6. The van der Waals surface area contributed by atoms with Crippen molar-refractivity contribution in [1.82, 2.24) is 10.6 Å². The molecule has 0 aliphatic rings. The largest absolute Gasteiger partial charge is 0.490 e. The highest BCUT2D eigenvalue weighted by atomic mass is 19.4. The first kappa shape index (κ1) is 27.6. The molecule has 1 aromatic rings. The van der Waals surface area contributed by atoms with E-state index in [4.69, 9.17) is 25.5 Å². The average molecular weight is 451 g/mol. The molecule has 6 N–H and O–H groups in total. The molecule has 2 amide bonds. The number of alkyl carbamates (subject to hydrolysis) is 1. The van der Waals surface area contributed by atoms with Crippen molar-refractivity contribution in [2.24, 2.45) is 5.73 Å². The van der Waals surface area contributed by atoms with Crippen LogP contribution in [-0.4, -0.2) is 59.5 Å². The summed E-state index contributed by atoms with van der Waals surface area (Å²) in [5, 5.41) is 21.0. The second-order valence-electron chi connectivity index (χ2n) is 5.95. The quantitative estimate of drug-likeness (QED) is 0.331. The number of halogens is 3. The zero-order valence-electron chi connectivity index (χ0n) is 16.4. The van der Waals surface area contributed by atoms with Gasteiger partial charge in [0.25, 0.3) is 0 Å². The average Bonchev–Trinajstić information content (AvgIpc) is 2.71. The van der Waals surface area contributed by atoms with E-state index in [-0.39, 0.29) is 19.6 Å². The molecule has 13 heteroatoms. The lowest BCUT2D eigenvalue weighted by atomic mass is 10.1. The van der Waals surface area contributed by atoms with Crippen LogP contribution in [0.15, 0.2) is 30.3 Å². The predicted molar refractivity (Wildman–Crippen MR) is 101 cm³/mol. The van der Waals surface area contributed by atoms with Crippen LogP contribution in [0.2, 0.25) is 0 Å². The molecule has 0 saturated carbocycles. The van der Waals surface area contributed by atoms with Gasteiger partial charge in [-0.1, -0.05) is 30.3 Å². The van der Waals surface area contributed by atoms with Gasteiger partial charge in [-0.15, -0.1) is 0 Å². The Morgan fingerprint density at radius 2 is 1.65 bits per heavy atom. The van der Waals surface area contributed by atoms with Crippen LogP contribution >= 0.6 is 0 Å². The number of hydrogen-bond donors (Lipinski definition) is 5. The second-order valence-corrected chi connectivity index (χ2v) is 5.95. The second kappa shape index (κ2) is 14.6. The molecule has 1 rings (SSSR count). The number of carboxylic acids is 2. The number of carboxylic acid groups (broad SMARTS) is 2. The highest BCUT2D eigenvalue weighted by Crippen LogP contribution is 2.13. The molecule has 174 valence electrons. The minimum Gasteiger partial charge on any atom is -0.480 e. The van der Waals surface area contributed by atoms with Crippen molar-refractivity contribution in [3.63, 3.8) is 0 Å². The first-order chi connectivity index (χ1) is 14.5. The van der Waals surface area contributed by atoms with E-state index in [1.54, 1.807) is 0 Å². The molecule has 0 aromatic heterocycles. The molecule has 1 aromatic carbocycles. The van der Waals surface area contributed by atoms with Crippen LogP contribution in [0.4, 0.5) is 18.0 Å². The van der Waals surface area contributed by atoms with Crippen molar-refractivity contribution in [2.75, 3.05) is 13.1 Å². The van der Waals surface area contributed by atoms with Gasteiger partial charge in [0.1, 0.15) is 12.6 Å². The molecule has 0 bridgehead atoms. The maximum Gasteiger partial charge on any atom is 0.490 e. The molecule has 0 spiro atoms. The summed E-state index contributed by atoms with van der Waals surface area (Å²) >= 11 is 0. The van der Waals surface area contributed by atoms with Gasteiger partial charge in [-0.25, -0.2) is 14.4 Å². The third-order valence-corrected chi connectivity index (χ3v) is 3.46. The number of unbranched alkanes of at least 4 members (excludes halogenated alkanes) is 1. The Kier molecular flexibility index (Phi) is 13.0. The summed E-state index contributed by atoms with van der Waals surface area (Å²) in [6.07, 6.45) is -4.24. The number of alkyl halides is 3. The summed E-state index contributed by atoms with van der Waals surface area (Å²) in [6, 6.07) is 8.34. The number of benzene rings is 1. The Labute approximate surface area is 175 Å². The topological polar surface area (TPSA) is 168 Å². The molecule has 31 heavy (non-hydrogen) atoms. The summed E-state index contributed by atoms with van der Waals surface area (Å²) < 4.78 is 36.8.